The summed E-state index contributed by atoms with van der Waals surface area (Å²) in [6.07, 6.45) is 1.16. The standard InChI is InChI=1S/C3H9NS.C2H6/c1-2-3-4-5;1-2/h4-5H,2-3H2,1H3;1-2H3. The molecule has 0 aliphatic rings. The van der Waals surface area contributed by atoms with Crippen LogP contribution in [0, 0.1) is 0 Å². The second-order valence-electron chi connectivity index (χ2n) is 0.908. The smallest absolute Gasteiger partial charge is 0.00535 e. The molecule has 0 aromatic carbocycles. The average Bonchev–Trinajstić information content (AvgIpc) is 1.75. The molecule has 46 valence electrons. The summed E-state index contributed by atoms with van der Waals surface area (Å²) in [4.78, 5) is 0. The Hall–Kier alpha value is 0.310. The lowest BCUT2D eigenvalue weighted by molar-refractivity contribution is 0.882. The Labute approximate surface area is 52.0 Å². The number of thiol groups is 1. The highest BCUT2D eigenvalue weighted by Crippen LogP contribution is 1.67. The summed E-state index contributed by atoms with van der Waals surface area (Å²) >= 11 is 3.75. The molecule has 0 aliphatic heterocycles. The summed E-state index contributed by atoms with van der Waals surface area (Å²) < 4.78 is 2.71. The van der Waals surface area contributed by atoms with Gasteiger partial charge in [0.2, 0.25) is 0 Å². The highest BCUT2D eigenvalue weighted by atomic mass is 32.1. The van der Waals surface area contributed by atoms with E-state index in [0.717, 1.165) is 13.0 Å². The van der Waals surface area contributed by atoms with Crippen molar-refractivity contribution in [2.75, 3.05) is 6.54 Å². The lowest BCUT2D eigenvalue weighted by Gasteiger charge is -1.83. The van der Waals surface area contributed by atoms with E-state index in [1.807, 2.05) is 13.8 Å². The SMILES string of the molecule is CC.CCCNS. The van der Waals surface area contributed by atoms with E-state index in [0.29, 0.717) is 0 Å². The third kappa shape index (κ3) is 22.0. The Balaban J connectivity index is 0. The molecule has 0 bridgehead atoms. The van der Waals surface area contributed by atoms with Gasteiger partial charge in [0.05, 0.1) is 0 Å². The normalized spacial score (nSPS) is 6.86. The van der Waals surface area contributed by atoms with E-state index in [4.69, 9.17) is 0 Å². The zero-order valence-corrected chi connectivity index (χ0v) is 6.26. The molecule has 0 aromatic rings. The van der Waals surface area contributed by atoms with Gasteiger partial charge in [-0.1, -0.05) is 33.6 Å². The average molecular weight is 121 g/mol. The first-order valence-electron chi connectivity index (χ1n) is 2.78. The van der Waals surface area contributed by atoms with Crippen molar-refractivity contribution in [2.45, 2.75) is 27.2 Å². The van der Waals surface area contributed by atoms with E-state index < -0.39 is 0 Å². The summed E-state index contributed by atoms with van der Waals surface area (Å²) in [5, 5.41) is 0. The van der Waals surface area contributed by atoms with Gasteiger partial charge < -0.3 is 0 Å². The van der Waals surface area contributed by atoms with Crippen LogP contribution in [0.3, 0.4) is 0 Å². The maximum absolute atomic E-state index is 3.75. The Morgan fingerprint density at radius 2 is 1.86 bits per heavy atom. The fourth-order valence-electron chi connectivity index (χ4n) is 0.112. The molecular weight excluding hydrogens is 106 g/mol. The first-order chi connectivity index (χ1) is 3.41. The molecule has 0 atom stereocenters. The Bertz CT molecular complexity index is 15.6. The molecule has 2 heteroatoms. The minimum Gasteiger partial charge on any atom is -0.267 e. The molecule has 0 unspecified atom stereocenters. The van der Waals surface area contributed by atoms with Crippen molar-refractivity contribution in [3.05, 3.63) is 0 Å². The van der Waals surface area contributed by atoms with Crippen LogP contribution in [0.5, 0.6) is 0 Å². The quantitative estimate of drug-likeness (QED) is 0.531. The maximum atomic E-state index is 3.75. The van der Waals surface area contributed by atoms with Gasteiger partial charge in [-0.15, -0.1) is 0 Å². The monoisotopic (exact) mass is 121 g/mol. The molecule has 0 saturated heterocycles. The van der Waals surface area contributed by atoms with Crippen molar-refractivity contribution in [1.29, 1.82) is 0 Å². The molecule has 0 fully saturated rings. The summed E-state index contributed by atoms with van der Waals surface area (Å²) in [5.41, 5.74) is 0. The second kappa shape index (κ2) is 16.2. The highest BCUT2D eigenvalue weighted by Gasteiger charge is 1.65. The molecular formula is C5H15NS. The van der Waals surface area contributed by atoms with Gasteiger partial charge in [0.25, 0.3) is 0 Å². The molecule has 0 spiro atoms. The predicted molar refractivity (Wildman–Crippen MR) is 38.6 cm³/mol. The largest absolute Gasteiger partial charge is 0.267 e. The third-order valence-corrected chi connectivity index (χ3v) is 0.585. The summed E-state index contributed by atoms with van der Waals surface area (Å²) in [6.45, 7) is 7.10. The van der Waals surface area contributed by atoms with Crippen LogP contribution in [-0.2, 0) is 0 Å². The Morgan fingerprint density at radius 1 is 1.43 bits per heavy atom. The Morgan fingerprint density at radius 3 is 1.86 bits per heavy atom. The van der Waals surface area contributed by atoms with Gasteiger partial charge in [0.1, 0.15) is 0 Å². The maximum Gasteiger partial charge on any atom is 0.00535 e. The molecule has 0 aromatic heterocycles. The molecule has 1 nitrogen and oxygen atoms in total. The van der Waals surface area contributed by atoms with Crippen LogP contribution < -0.4 is 4.72 Å². The number of nitrogens with one attached hydrogen (secondary N) is 1. The van der Waals surface area contributed by atoms with Crippen molar-refractivity contribution in [2.24, 2.45) is 0 Å². The zero-order valence-electron chi connectivity index (χ0n) is 5.36. The van der Waals surface area contributed by atoms with Gasteiger partial charge in [0, 0.05) is 6.54 Å². The molecule has 0 saturated carbocycles. The van der Waals surface area contributed by atoms with E-state index in [-0.39, 0.29) is 0 Å². The zero-order chi connectivity index (χ0) is 6.12. The van der Waals surface area contributed by atoms with Gasteiger partial charge in [-0.05, 0) is 6.42 Å². The highest BCUT2D eigenvalue weighted by molar-refractivity contribution is 7.78. The van der Waals surface area contributed by atoms with Crippen molar-refractivity contribution >= 4 is 12.8 Å². The molecule has 7 heavy (non-hydrogen) atoms. The first-order valence-corrected chi connectivity index (χ1v) is 3.23. The van der Waals surface area contributed by atoms with Gasteiger partial charge in [0.15, 0.2) is 0 Å². The fraction of sp³-hybridized carbons (Fsp3) is 1.00. The lowest BCUT2D eigenvalue weighted by Crippen LogP contribution is -1.96. The van der Waals surface area contributed by atoms with Gasteiger partial charge >= 0.3 is 0 Å². The van der Waals surface area contributed by atoms with Crippen LogP contribution >= 0.6 is 12.8 Å². The van der Waals surface area contributed by atoms with Crippen LogP contribution in [-0.4, -0.2) is 6.54 Å². The molecule has 0 heterocycles. The summed E-state index contributed by atoms with van der Waals surface area (Å²) in [6, 6.07) is 0. The minimum absolute atomic E-state index is 1.00. The van der Waals surface area contributed by atoms with Crippen molar-refractivity contribution in [1.82, 2.24) is 4.72 Å². The second-order valence-corrected chi connectivity index (χ2v) is 1.22. The number of hydrogen-bond donors (Lipinski definition) is 2. The molecule has 1 N–H and O–H groups in total. The number of rotatable bonds is 2. The first kappa shape index (κ1) is 10.3. The van der Waals surface area contributed by atoms with Crippen LogP contribution in [0.15, 0.2) is 0 Å². The van der Waals surface area contributed by atoms with Gasteiger partial charge in [-0.3, -0.25) is 4.72 Å². The molecule has 0 rings (SSSR count). The predicted octanol–water partition coefficient (Wildman–Crippen LogP) is 1.86. The van der Waals surface area contributed by atoms with Crippen LogP contribution in [0.25, 0.3) is 0 Å². The molecule has 0 radical (unpaired) electrons. The van der Waals surface area contributed by atoms with Gasteiger partial charge in [-0.2, -0.15) is 0 Å². The third-order valence-electron chi connectivity index (χ3n) is 0.362. The summed E-state index contributed by atoms with van der Waals surface area (Å²) in [7, 11) is 0. The van der Waals surface area contributed by atoms with Crippen LogP contribution in [0.1, 0.15) is 27.2 Å². The van der Waals surface area contributed by atoms with E-state index in [1.165, 1.54) is 0 Å². The van der Waals surface area contributed by atoms with Crippen molar-refractivity contribution in [3.8, 4) is 0 Å². The van der Waals surface area contributed by atoms with Crippen LogP contribution in [0.4, 0.5) is 0 Å². The summed E-state index contributed by atoms with van der Waals surface area (Å²) in [5.74, 6) is 0. The van der Waals surface area contributed by atoms with Gasteiger partial charge in [-0.25, -0.2) is 0 Å². The lowest BCUT2D eigenvalue weighted by atomic mass is 10.5. The van der Waals surface area contributed by atoms with E-state index in [2.05, 4.69) is 24.5 Å². The molecule has 0 amide bonds. The topological polar surface area (TPSA) is 12.0 Å². The number of hydrogen-bond acceptors (Lipinski definition) is 2. The minimum atomic E-state index is 1.00. The fourth-order valence-corrected chi connectivity index (χ4v) is 0.335. The van der Waals surface area contributed by atoms with Crippen molar-refractivity contribution in [3.63, 3.8) is 0 Å². The van der Waals surface area contributed by atoms with Crippen LogP contribution in [0.2, 0.25) is 0 Å². The van der Waals surface area contributed by atoms with E-state index in [1.54, 1.807) is 0 Å². The molecule has 0 aliphatic carbocycles. The van der Waals surface area contributed by atoms with Crippen molar-refractivity contribution < 1.29 is 0 Å². The Kier molecular flexibility index (Phi) is 23.9. The van der Waals surface area contributed by atoms with E-state index in [9.17, 15) is 0 Å². The van der Waals surface area contributed by atoms with E-state index >= 15 is 0 Å².